The molecule has 1 aliphatic rings. The van der Waals surface area contributed by atoms with Crippen LogP contribution in [0, 0.1) is 0 Å². The van der Waals surface area contributed by atoms with Crippen molar-refractivity contribution in [3.05, 3.63) is 24.3 Å². The third kappa shape index (κ3) is 3.68. The van der Waals surface area contributed by atoms with Crippen molar-refractivity contribution in [3.8, 4) is 5.75 Å². The fourth-order valence-electron chi connectivity index (χ4n) is 2.46. The molecule has 0 radical (unpaired) electrons. The molecule has 5 heteroatoms. The molecule has 1 aromatic rings. The van der Waals surface area contributed by atoms with E-state index < -0.39 is 0 Å². The van der Waals surface area contributed by atoms with Gasteiger partial charge in [-0.1, -0.05) is 6.07 Å². The molecule has 0 spiro atoms. The summed E-state index contributed by atoms with van der Waals surface area (Å²) in [6.45, 7) is 1.97. The van der Waals surface area contributed by atoms with E-state index >= 15 is 0 Å². The van der Waals surface area contributed by atoms with Gasteiger partial charge in [0.25, 0.3) is 0 Å². The minimum Gasteiger partial charge on any atom is -0.497 e. The maximum Gasteiger partial charge on any atom is 0.238 e. The molecule has 1 fully saturated rings. The summed E-state index contributed by atoms with van der Waals surface area (Å²) in [4.78, 5) is 14.1. The van der Waals surface area contributed by atoms with Crippen LogP contribution in [0.5, 0.6) is 5.75 Å². The maximum absolute atomic E-state index is 12.0. The smallest absolute Gasteiger partial charge is 0.238 e. The second-order valence-corrected chi connectivity index (χ2v) is 4.78. The number of anilines is 1. The zero-order valence-corrected chi connectivity index (χ0v) is 11.3. The summed E-state index contributed by atoms with van der Waals surface area (Å²) in [5.74, 6) is 0.729. The van der Waals surface area contributed by atoms with Gasteiger partial charge in [-0.2, -0.15) is 0 Å². The van der Waals surface area contributed by atoms with E-state index in [-0.39, 0.29) is 5.91 Å². The average molecular weight is 263 g/mol. The van der Waals surface area contributed by atoms with E-state index in [1.165, 1.54) is 0 Å². The van der Waals surface area contributed by atoms with Crippen molar-refractivity contribution in [2.24, 2.45) is 5.73 Å². The van der Waals surface area contributed by atoms with E-state index in [2.05, 4.69) is 10.2 Å². The molecule has 1 aliphatic heterocycles. The van der Waals surface area contributed by atoms with Crippen molar-refractivity contribution < 1.29 is 9.53 Å². The molecule has 3 N–H and O–H groups in total. The number of likely N-dealkylation sites (tertiary alicyclic amines) is 1. The topological polar surface area (TPSA) is 67.6 Å². The van der Waals surface area contributed by atoms with E-state index in [9.17, 15) is 4.79 Å². The lowest BCUT2D eigenvalue weighted by Gasteiger charge is -2.22. The van der Waals surface area contributed by atoms with Crippen LogP contribution in [0.15, 0.2) is 24.3 Å². The van der Waals surface area contributed by atoms with E-state index in [1.807, 2.05) is 24.3 Å². The molecule has 19 heavy (non-hydrogen) atoms. The first kappa shape index (κ1) is 13.8. The number of nitrogens with one attached hydrogen (secondary N) is 1. The Kier molecular flexibility index (Phi) is 4.76. The maximum atomic E-state index is 12.0. The van der Waals surface area contributed by atoms with Gasteiger partial charge in [0.1, 0.15) is 5.75 Å². The fraction of sp³-hybridized carbons (Fsp3) is 0.500. The SMILES string of the molecule is COc1cccc(NC(=O)CN2CCCC2CN)c1. The highest BCUT2D eigenvalue weighted by Crippen LogP contribution is 2.18. The highest BCUT2D eigenvalue weighted by Gasteiger charge is 2.24. The van der Waals surface area contributed by atoms with Crippen LogP contribution in [-0.2, 0) is 4.79 Å². The van der Waals surface area contributed by atoms with Gasteiger partial charge in [-0.15, -0.1) is 0 Å². The van der Waals surface area contributed by atoms with Crippen LogP contribution in [0.2, 0.25) is 0 Å². The molecular weight excluding hydrogens is 242 g/mol. The zero-order chi connectivity index (χ0) is 13.7. The molecule has 0 bridgehead atoms. The van der Waals surface area contributed by atoms with Crippen molar-refractivity contribution in [2.45, 2.75) is 18.9 Å². The summed E-state index contributed by atoms with van der Waals surface area (Å²) in [6, 6.07) is 7.71. The van der Waals surface area contributed by atoms with Crippen molar-refractivity contribution in [1.29, 1.82) is 0 Å². The second-order valence-electron chi connectivity index (χ2n) is 4.78. The Bertz CT molecular complexity index is 436. The predicted octanol–water partition coefficient (Wildman–Crippen LogP) is 1.06. The highest BCUT2D eigenvalue weighted by molar-refractivity contribution is 5.92. The lowest BCUT2D eigenvalue weighted by Crippen LogP contribution is -2.40. The molecule has 0 saturated carbocycles. The van der Waals surface area contributed by atoms with Crippen molar-refractivity contribution >= 4 is 11.6 Å². The van der Waals surface area contributed by atoms with Gasteiger partial charge in [0.2, 0.25) is 5.91 Å². The van der Waals surface area contributed by atoms with E-state index in [0.717, 1.165) is 30.8 Å². The van der Waals surface area contributed by atoms with Crippen LogP contribution in [-0.4, -0.2) is 43.6 Å². The summed E-state index contributed by atoms with van der Waals surface area (Å²) in [5, 5.41) is 2.89. The predicted molar refractivity (Wildman–Crippen MR) is 75.3 cm³/mol. The lowest BCUT2D eigenvalue weighted by molar-refractivity contribution is -0.117. The third-order valence-electron chi connectivity index (χ3n) is 3.47. The standard InChI is InChI=1S/C14H21N3O2/c1-19-13-6-2-4-11(8-13)16-14(18)10-17-7-3-5-12(17)9-15/h2,4,6,8,12H,3,5,7,9-10,15H2,1H3,(H,16,18). The Morgan fingerprint density at radius 1 is 1.58 bits per heavy atom. The molecule has 1 amide bonds. The molecule has 1 unspecified atom stereocenters. The first-order valence-electron chi connectivity index (χ1n) is 6.61. The van der Waals surface area contributed by atoms with E-state index in [4.69, 9.17) is 10.5 Å². The summed E-state index contributed by atoms with van der Waals surface area (Å²) < 4.78 is 5.13. The van der Waals surface area contributed by atoms with Gasteiger partial charge in [0.05, 0.1) is 13.7 Å². The lowest BCUT2D eigenvalue weighted by atomic mass is 10.2. The number of amides is 1. The van der Waals surface area contributed by atoms with Gasteiger partial charge in [-0.05, 0) is 31.5 Å². The number of hydrogen-bond donors (Lipinski definition) is 2. The molecule has 1 atom stereocenters. The Hall–Kier alpha value is -1.59. The monoisotopic (exact) mass is 263 g/mol. The minimum absolute atomic E-state index is 0.00592. The average Bonchev–Trinajstić information content (AvgIpc) is 2.86. The molecule has 1 saturated heterocycles. The molecule has 2 rings (SSSR count). The van der Waals surface area contributed by atoms with Crippen LogP contribution >= 0.6 is 0 Å². The molecule has 0 aliphatic carbocycles. The number of hydrogen-bond acceptors (Lipinski definition) is 4. The second kappa shape index (κ2) is 6.54. The quantitative estimate of drug-likeness (QED) is 0.833. The van der Waals surface area contributed by atoms with E-state index in [0.29, 0.717) is 19.1 Å². The molecule has 104 valence electrons. The first-order chi connectivity index (χ1) is 9.22. The Morgan fingerprint density at radius 3 is 3.16 bits per heavy atom. The van der Waals surface area contributed by atoms with Crippen LogP contribution in [0.1, 0.15) is 12.8 Å². The van der Waals surface area contributed by atoms with Gasteiger partial charge in [-0.25, -0.2) is 0 Å². The van der Waals surface area contributed by atoms with Gasteiger partial charge in [-0.3, -0.25) is 9.69 Å². The van der Waals surface area contributed by atoms with Gasteiger partial charge in [0, 0.05) is 24.3 Å². The summed E-state index contributed by atoms with van der Waals surface area (Å²) in [5.41, 5.74) is 6.46. The number of rotatable bonds is 5. The Morgan fingerprint density at radius 2 is 2.42 bits per heavy atom. The van der Waals surface area contributed by atoms with Crippen molar-refractivity contribution in [3.63, 3.8) is 0 Å². The minimum atomic E-state index is -0.00592. The zero-order valence-electron chi connectivity index (χ0n) is 11.3. The number of benzene rings is 1. The van der Waals surface area contributed by atoms with Crippen LogP contribution in [0.25, 0.3) is 0 Å². The summed E-state index contributed by atoms with van der Waals surface area (Å²) >= 11 is 0. The van der Waals surface area contributed by atoms with Gasteiger partial charge >= 0.3 is 0 Å². The Labute approximate surface area is 113 Å². The summed E-state index contributed by atoms with van der Waals surface area (Å²) in [7, 11) is 1.61. The van der Waals surface area contributed by atoms with Gasteiger partial charge in [0.15, 0.2) is 0 Å². The number of methoxy groups -OCH3 is 1. The highest BCUT2D eigenvalue weighted by atomic mass is 16.5. The first-order valence-corrected chi connectivity index (χ1v) is 6.61. The van der Waals surface area contributed by atoms with Crippen molar-refractivity contribution in [2.75, 3.05) is 32.1 Å². The van der Waals surface area contributed by atoms with Gasteiger partial charge < -0.3 is 15.8 Å². The molecular formula is C14H21N3O2. The number of nitrogens with two attached hydrogens (primary N) is 1. The fourth-order valence-corrected chi connectivity index (χ4v) is 2.46. The third-order valence-corrected chi connectivity index (χ3v) is 3.47. The number of nitrogens with zero attached hydrogens (tertiary/aromatic N) is 1. The number of carbonyl (C=O) groups is 1. The van der Waals surface area contributed by atoms with E-state index in [1.54, 1.807) is 7.11 Å². The molecule has 5 nitrogen and oxygen atoms in total. The van der Waals surface area contributed by atoms with Crippen LogP contribution in [0.3, 0.4) is 0 Å². The molecule has 1 aromatic carbocycles. The molecule has 0 aromatic heterocycles. The van der Waals surface area contributed by atoms with Crippen LogP contribution < -0.4 is 15.8 Å². The Balaban J connectivity index is 1.90. The normalized spacial score (nSPS) is 19.4. The van der Waals surface area contributed by atoms with Crippen LogP contribution in [0.4, 0.5) is 5.69 Å². The summed E-state index contributed by atoms with van der Waals surface area (Å²) in [6.07, 6.45) is 2.21. The largest absolute Gasteiger partial charge is 0.497 e. The number of ether oxygens (including phenoxy) is 1. The number of carbonyl (C=O) groups excluding carboxylic acids is 1. The molecule has 1 heterocycles. The van der Waals surface area contributed by atoms with Crippen molar-refractivity contribution in [1.82, 2.24) is 4.90 Å².